The number of alkyl halides is 2. The number of carbonyl (C=O) groups is 1. The number of ether oxygens (including phenoxy) is 1. The number of primary amides is 1. The van der Waals surface area contributed by atoms with Crippen molar-refractivity contribution in [3.05, 3.63) is 60.0 Å². The summed E-state index contributed by atoms with van der Waals surface area (Å²) in [5, 5.41) is 2.51. The minimum absolute atomic E-state index is 0.266. The van der Waals surface area contributed by atoms with E-state index in [-0.39, 0.29) is 5.76 Å². The third-order valence-electron chi connectivity index (χ3n) is 4.12. The van der Waals surface area contributed by atoms with E-state index >= 15 is 0 Å². The zero-order chi connectivity index (χ0) is 20.1. The Labute approximate surface area is 160 Å². The Morgan fingerprint density at radius 2 is 1.79 bits per heavy atom. The van der Waals surface area contributed by atoms with E-state index in [0.29, 0.717) is 35.5 Å². The van der Waals surface area contributed by atoms with Gasteiger partial charge in [-0.3, -0.25) is 0 Å². The summed E-state index contributed by atoms with van der Waals surface area (Å²) < 4.78 is 36.8. The lowest BCUT2D eigenvalue weighted by Gasteiger charge is -2.05. The average molecular weight is 387 g/mol. The second-order valence-electron chi connectivity index (χ2n) is 6.00. The smallest absolute Gasteiger partial charge is 0.313 e. The molecule has 2 aromatic carbocycles. The van der Waals surface area contributed by atoms with E-state index in [9.17, 15) is 13.6 Å². The van der Waals surface area contributed by atoms with E-state index in [0.717, 1.165) is 5.56 Å². The maximum atomic E-state index is 13.2. The van der Waals surface area contributed by atoms with Crippen LogP contribution in [-0.4, -0.2) is 24.7 Å². The van der Waals surface area contributed by atoms with Crippen molar-refractivity contribution >= 4 is 6.03 Å². The molecule has 2 amide bonds. The molecule has 1 aromatic heterocycles. The zero-order valence-electron chi connectivity index (χ0n) is 15.1. The van der Waals surface area contributed by atoms with Crippen molar-refractivity contribution in [2.45, 2.75) is 12.8 Å². The molecule has 0 radical (unpaired) electrons. The number of nitrogens with one attached hydrogen (secondary N) is 1. The van der Waals surface area contributed by atoms with E-state index in [4.69, 9.17) is 14.9 Å². The molecule has 146 valence electrons. The van der Waals surface area contributed by atoms with Crippen LogP contribution in [0.3, 0.4) is 0 Å². The minimum Gasteiger partial charge on any atom is -0.497 e. The first-order valence-corrected chi connectivity index (χ1v) is 8.54. The Morgan fingerprint density at radius 1 is 1.14 bits per heavy atom. The van der Waals surface area contributed by atoms with Gasteiger partial charge in [0.1, 0.15) is 11.4 Å². The lowest BCUT2D eigenvalue weighted by atomic mass is 10.0. The summed E-state index contributed by atoms with van der Waals surface area (Å²) in [6.45, 7) is 0.406. The predicted molar refractivity (Wildman–Crippen MR) is 100 cm³/mol. The highest BCUT2D eigenvalue weighted by Crippen LogP contribution is 2.36. The Bertz CT molecular complexity index is 938. The quantitative estimate of drug-likeness (QED) is 0.637. The molecule has 0 atom stereocenters. The normalized spacial score (nSPS) is 10.9. The average Bonchev–Trinajstić information content (AvgIpc) is 3.14. The van der Waals surface area contributed by atoms with Gasteiger partial charge in [-0.1, -0.05) is 24.3 Å². The molecule has 8 heteroatoms. The largest absolute Gasteiger partial charge is 0.497 e. The number of rotatable bonds is 7. The molecule has 0 unspecified atom stereocenters. The standard InChI is InChI=1S/C20H19F2N3O3/c1-27-15-8-6-13(7-9-15)16-17(28-19(25-16)18(21)22)14-4-2-12(3-5-14)10-11-24-20(23)26/h2-9,18H,10-11H2,1H3,(H3,23,24,26). The maximum Gasteiger partial charge on any atom is 0.313 e. The van der Waals surface area contributed by atoms with Crippen molar-refractivity contribution in [2.75, 3.05) is 13.7 Å². The van der Waals surface area contributed by atoms with Crippen molar-refractivity contribution in [1.82, 2.24) is 10.3 Å². The molecule has 3 aromatic rings. The number of oxazole rings is 1. The van der Waals surface area contributed by atoms with Gasteiger partial charge in [-0.2, -0.15) is 8.78 Å². The van der Waals surface area contributed by atoms with Crippen LogP contribution < -0.4 is 15.8 Å². The molecule has 0 aliphatic carbocycles. The summed E-state index contributed by atoms with van der Waals surface area (Å²) in [7, 11) is 1.55. The second kappa shape index (κ2) is 8.51. The minimum atomic E-state index is -2.81. The number of halogens is 2. The molecule has 0 bridgehead atoms. The van der Waals surface area contributed by atoms with Crippen LogP contribution in [0.4, 0.5) is 13.6 Å². The first kappa shape index (κ1) is 19.3. The first-order chi connectivity index (χ1) is 13.5. The fraction of sp³-hybridized carbons (Fsp3) is 0.200. The Hall–Kier alpha value is -3.42. The predicted octanol–water partition coefficient (Wildman–Crippen LogP) is 4.17. The monoisotopic (exact) mass is 387 g/mol. The number of urea groups is 1. The summed E-state index contributed by atoms with van der Waals surface area (Å²) in [6, 6.07) is 13.5. The molecule has 0 aliphatic heterocycles. The fourth-order valence-corrected chi connectivity index (χ4v) is 2.72. The number of amides is 2. The van der Waals surface area contributed by atoms with Gasteiger partial charge < -0.3 is 20.2 Å². The van der Waals surface area contributed by atoms with Crippen LogP contribution in [0.1, 0.15) is 17.9 Å². The van der Waals surface area contributed by atoms with Gasteiger partial charge in [-0.05, 0) is 36.2 Å². The van der Waals surface area contributed by atoms with Gasteiger partial charge in [0.05, 0.1) is 7.11 Å². The number of hydrogen-bond donors (Lipinski definition) is 2. The van der Waals surface area contributed by atoms with E-state index in [1.165, 1.54) is 0 Å². The van der Waals surface area contributed by atoms with Gasteiger partial charge >= 0.3 is 12.5 Å². The molecule has 0 aliphatic rings. The van der Waals surface area contributed by atoms with E-state index in [1.807, 2.05) is 12.1 Å². The van der Waals surface area contributed by atoms with Crippen molar-refractivity contribution in [3.8, 4) is 28.3 Å². The first-order valence-electron chi connectivity index (χ1n) is 8.54. The molecular weight excluding hydrogens is 368 g/mol. The summed E-state index contributed by atoms with van der Waals surface area (Å²) in [4.78, 5) is 14.7. The molecular formula is C20H19F2N3O3. The number of nitrogens with two attached hydrogens (primary N) is 1. The topological polar surface area (TPSA) is 90.4 Å². The molecule has 6 nitrogen and oxygen atoms in total. The zero-order valence-corrected chi connectivity index (χ0v) is 15.1. The van der Waals surface area contributed by atoms with Crippen LogP contribution in [-0.2, 0) is 6.42 Å². The van der Waals surface area contributed by atoms with Gasteiger partial charge in [0.15, 0.2) is 5.76 Å². The molecule has 3 N–H and O–H groups in total. The highest BCUT2D eigenvalue weighted by molar-refractivity contribution is 5.77. The van der Waals surface area contributed by atoms with Gasteiger partial charge in [0.25, 0.3) is 5.89 Å². The number of aromatic nitrogens is 1. The van der Waals surface area contributed by atoms with Gasteiger partial charge in [-0.15, -0.1) is 0 Å². The lowest BCUT2D eigenvalue weighted by Crippen LogP contribution is -2.30. The molecule has 3 rings (SSSR count). The number of carbonyl (C=O) groups excluding carboxylic acids is 1. The Morgan fingerprint density at radius 3 is 2.36 bits per heavy atom. The second-order valence-corrected chi connectivity index (χ2v) is 6.00. The van der Waals surface area contributed by atoms with Gasteiger partial charge in [-0.25, -0.2) is 9.78 Å². The third-order valence-corrected chi connectivity index (χ3v) is 4.12. The maximum absolute atomic E-state index is 13.2. The van der Waals surface area contributed by atoms with E-state index in [1.54, 1.807) is 43.5 Å². The van der Waals surface area contributed by atoms with Crippen molar-refractivity contribution in [1.29, 1.82) is 0 Å². The van der Waals surface area contributed by atoms with Crippen LogP contribution in [0.5, 0.6) is 5.75 Å². The number of hydrogen-bond acceptors (Lipinski definition) is 4. The highest BCUT2D eigenvalue weighted by Gasteiger charge is 2.22. The molecule has 0 fully saturated rings. The van der Waals surface area contributed by atoms with Crippen LogP contribution in [0.15, 0.2) is 52.9 Å². The van der Waals surface area contributed by atoms with Crippen molar-refractivity contribution in [3.63, 3.8) is 0 Å². The summed E-state index contributed by atoms with van der Waals surface area (Å²) in [6.07, 6.45) is -2.22. The molecule has 28 heavy (non-hydrogen) atoms. The third kappa shape index (κ3) is 4.46. The van der Waals surface area contributed by atoms with Crippen LogP contribution >= 0.6 is 0 Å². The lowest BCUT2D eigenvalue weighted by molar-refractivity contribution is 0.116. The van der Waals surface area contributed by atoms with E-state index in [2.05, 4.69) is 10.3 Å². The molecule has 0 saturated heterocycles. The fourth-order valence-electron chi connectivity index (χ4n) is 2.72. The number of nitrogens with zero attached hydrogens (tertiary/aromatic N) is 1. The SMILES string of the molecule is COc1ccc(-c2nc(C(F)F)oc2-c2ccc(CCNC(N)=O)cc2)cc1. The highest BCUT2D eigenvalue weighted by atomic mass is 19.3. The van der Waals surface area contributed by atoms with Crippen molar-refractivity contribution < 1.29 is 22.7 Å². The van der Waals surface area contributed by atoms with E-state index < -0.39 is 18.3 Å². The Kier molecular flexibility index (Phi) is 5.88. The number of methoxy groups -OCH3 is 1. The summed E-state index contributed by atoms with van der Waals surface area (Å²) in [5.74, 6) is 0.287. The van der Waals surface area contributed by atoms with Gasteiger partial charge in [0, 0.05) is 17.7 Å². The van der Waals surface area contributed by atoms with Crippen LogP contribution in [0.2, 0.25) is 0 Å². The molecule has 0 spiro atoms. The summed E-state index contributed by atoms with van der Waals surface area (Å²) >= 11 is 0. The van der Waals surface area contributed by atoms with Crippen LogP contribution in [0, 0.1) is 0 Å². The summed E-state index contributed by atoms with van der Waals surface area (Å²) in [5.41, 5.74) is 7.59. The van der Waals surface area contributed by atoms with Crippen LogP contribution in [0.25, 0.3) is 22.6 Å². The Balaban J connectivity index is 1.90. The number of benzene rings is 2. The molecule has 0 saturated carbocycles. The van der Waals surface area contributed by atoms with Gasteiger partial charge in [0.2, 0.25) is 0 Å². The molecule has 1 heterocycles. The van der Waals surface area contributed by atoms with Crippen molar-refractivity contribution in [2.24, 2.45) is 5.73 Å².